The summed E-state index contributed by atoms with van der Waals surface area (Å²) in [6, 6.07) is 8.03. The van der Waals surface area contributed by atoms with E-state index in [1.54, 1.807) is 18.4 Å². The van der Waals surface area contributed by atoms with Gasteiger partial charge in [-0.25, -0.2) is 9.71 Å². The number of nitrogens with zero attached hydrogens (tertiary/aromatic N) is 2. The standard InChI is InChI=1S/C15H21N3O2S2/c1-11(12-7-8-12)18(2)22(19,20)16-10-9-15-17-13-5-3-4-6-14(13)21-15/h3-6,11-12,16H,7-10H2,1-2H3/t11-/m0/s1. The number of para-hydroxylation sites is 1. The molecule has 0 spiro atoms. The average molecular weight is 339 g/mol. The predicted octanol–water partition coefficient (Wildman–Crippen LogP) is 2.40. The first-order valence-electron chi connectivity index (χ1n) is 7.54. The number of fused-ring (bicyclic) bond motifs is 1. The van der Waals surface area contributed by atoms with Gasteiger partial charge in [-0.2, -0.15) is 12.7 Å². The van der Waals surface area contributed by atoms with E-state index in [9.17, 15) is 8.42 Å². The molecule has 0 aliphatic heterocycles. The van der Waals surface area contributed by atoms with Crippen LogP contribution < -0.4 is 4.72 Å². The maximum absolute atomic E-state index is 12.3. The lowest BCUT2D eigenvalue weighted by Gasteiger charge is -2.24. The lowest BCUT2D eigenvalue weighted by atomic mass is 10.2. The van der Waals surface area contributed by atoms with E-state index in [2.05, 4.69) is 9.71 Å². The quantitative estimate of drug-likeness (QED) is 0.842. The monoisotopic (exact) mass is 339 g/mol. The van der Waals surface area contributed by atoms with Gasteiger partial charge in [0.15, 0.2) is 0 Å². The van der Waals surface area contributed by atoms with Crippen molar-refractivity contribution in [1.29, 1.82) is 0 Å². The number of nitrogens with one attached hydrogen (secondary N) is 1. The first kappa shape index (κ1) is 15.9. The van der Waals surface area contributed by atoms with Crippen LogP contribution in [0.3, 0.4) is 0 Å². The summed E-state index contributed by atoms with van der Waals surface area (Å²) in [6.45, 7) is 2.36. The van der Waals surface area contributed by atoms with Gasteiger partial charge >= 0.3 is 0 Å². The lowest BCUT2D eigenvalue weighted by molar-refractivity contribution is 0.351. The van der Waals surface area contributed by atoms with Crippen LogP contribution in [0.4, 0.5) is 0 Å². The van der Waals surface area contributed by atoms with Crippen molar-refractivity contribution in [3.63, 3.8) is 0 Å². The van der Waals surface area contributed by atoms with Gasteiger partial charge in [0.05, 0.1) is 15.2 Å². The molecule has 1 heterocycles. The number of thiazole rings is 1. The molecule has 1 aliphatic rings. The summed E-state index contributed by atoms with van der Waals surface area (Å²) in [4.78, 5) is 4.52. The molecule has 1 fully saturated rings. The molecule has 1 aromatic heterocycles. The number of benzene rings is 1. The van der Waals surface area contributed by atoms with Crippen LogP contribution in [-0.2, 0) is 16.6 Å². The predicted molar refractivity (Wildman–Crippen MR) is 90.2 cm³/mol. The average Bonchev–Trinajstić information content (AvgIpc) is 3.25. The molecular formula is C15H21N3O2S2. The second kappa shape index (κ2) is 6.23. The Balaban J connectivity index is 1.57. The van der Waals surface area contributed by atoms with Crippen molar-refractivity contribution < 1.29 is 8.42 Å². The third-order valence-corrected chi connectivity index (χ3v) is 6.97. The molecule has 1 N–H and O–H groups in total. The van der Waals surface area contributed by atoms with E-state index in [1.807, 2.05) is 31.2 Å². The molecule has 0 radical (unpaired) electrons. The molecule has 2 aromatic rings. The Morgan fingerprint density at radius 1 is 1.41 bits per heavy atom. The maximum Gasteiger partial charge on any atom is 0.279 e. The van der Waals surface area contributed by atoms with Crippen molar-refractivity contribution >= 4 is 31.8 Å². The zero-order valence-electron chi connectivity index (χ0n) is 12.8. The number of hydrogen-bond acceptors (Lipinski definition) is 4. The van der Waals surface area contributed by atoms with E-state index in [-0.39, 0.29) is 6.04 Å². The Bertz CT molecular complexity index is 720. The molecule has 22 heavy (non-hydrogen) atoms. The SMILES string of the molecule is C[C@@H](C1CC1)N(C)S(=O)(=O)NCCc1nc2ccccc2s1. The van der Waals surface area contributed by atoms with Crippen molar-refractivity contribution in [2.75, 3.05) is 13.6 Å². The fraction of sp³-hybridized carbons (Fsp3) is 0.533. The largest absolute Gasteiger partial charge is 0.279 e. The highest BCUT2D eigenvalue weighted by atomic mass is 32.2. The van der Waals surface area contributed by atoms with Gasteiger partial charge in [0.2, 0.25) is 0 Å². The smallest absolute Gasteiger partial charge is 0.241 e. The first-order chi connectivity index (χ1) is 10.5. The van der Waals surface area contributed by atoms with Crippen molar-refractivity contribution in [3.8, 4) is 0 Å². The molecule has 0 unspecified atom stereocenters. The minimum atomic E-state index is -3.40. The topological polar surface area (TPSA) is 62.3 Å². The summed E-state index contributed by atoms with van der Waals surface area (Å²) in [5.41, 5.74) is 0.977. The third-order valence-electron chi connectivity index (χ3n) is 4.22. The van der Waals surface area contributed by atoms with Gasteiger partial charge in [-0.3, -0.25) is 0 Å². The zero-order chi connectivity index (χ0) is 15.7. The summed E-state index contributed by atoms with van der Waals surface area (Å²) in [6.07, 6.45) is 2.88. The second-order valence-corrected chi connectivity index (χ2v) is 8.75. The van der Waals surface area contributed by atoms with Crippen LogP contribution in [0.15, 0.2) is 24.3 Å². The molecule has 1 aliphatic carbocycles. The molecule has 5 nitrogen and oxygen atoms in total. The van der Waals surface area contributed by atoms with Crippen molar-refractivity contribution in [2.24, 2.45) is 5.92 Å². The fourth-order valence-electron chi connectivity index (χ4n) is 2.51. The van der Waals surface area contributed by atoms with Crippen LogP contribution in [0.5, 0.6) is 0 Å². The molecule has 1 aromatic carbocycles. The summed E-state index contributed by atoms with van der Waals surface area (Å²) in [5, 5.41) is 0.960. The van der Waals surface area contributed by atoms with Crippen LogP contribution in [0, 0.1) is 5.92 Å². The van der Waals surface area contributed by atoms with E-state index >= 15 is 0 Å². The number of rotatable bonds is 7. The molecule has 3 rings (SSSR count). The Morgan fingerprint density at radius 2 is 2.14 bits per heavy atom. The van der Waals surface area contributed by atoms with Gasteiger partial charge < -0.3 is 0 Å². The van der Waals surface area contributed by atoms with Gasteiger partial charge in [0, 0.05) is 26.1 Å². The second-order valence-electron chi connectivity index (χ2n) is 5.82. The van der Waals surface area contributed by atoms with Crippen LogP contribution in [-0.4, -0.2) is 37.3 Å². The molecule has 0 saturated heterocycles. The molecular weight excluding hydrogens is 318 g/mol. The van der Waals surface area contributed by atoms with Crippen LogP contribution in [0.2, 0.25) is 0 Å². The Kier molecular flexibility index (Phi) is 4.49. The summed E-state index contributed by atoms with van der Waals surface area (Å²) in [5.74, 6) is 0.519. The Labute approximate surface area is 135 Å². The number of aromatic nitrogens is 1. The molecule has 1 atom stereocenters. The lowest BCUT2D eigenvalue weighted by Crippen LogP contribution is -2.44. The molecule has 120 valence electrons. The van der Waals surface area contributed by atoms with Crippen molar-refractivity contribution in [2.45, 2.75) is 32.2 Å². The molecule has 0 bridgehead atoms. The van der Waals surface area contributed by atoms with Crippen molar-refractivity contribution in [1.82, 2.24) is 14.0 Å². The van der Waals surface area contributed by atoms with E-state index in [4.69, 9.17) is 0 Å². The van der Waals surface area contributed by atoms with E-state index in [0.717, 1.165) is 28.1 Å². The highest BCUT2D eigenvalue weighted by molar-refractivity contribution is 7.87. The molecule has 0 amide bonds. The summed E-state index contributed by atoms with van der Waals surface area (Å²) in [7, 11) is -1.75. The minimum Gasteiger partial charge on any atom is -0.241 e. The molecule has 7 heteroatoms. The van der Waals surface area contributed by atoms with E-state index in [1.165, 1.54) is 4.31 Å². The highest BCUT2D eigenvalue weighted by Crippen LogP contribution is 2.35. The normalized spacial score (nSPS) is 17.2. The fourth-order valence-corrected chi connectivity index (χ4v) is 4.65. The Morgan fingerprint density at radius 3 is 2.82 bits per heavy atom. The zero-order valence-corrected chi connectivity index (χ0v) is 14.5. The molecule has 1 saturated carbocycles. The summed E-state index contributed by atoms with van der Waals surface area (Å²) >= 11 is 1.62. The van der Waals surface area contributed by atoms with Gasteiger partial charge in [-0.15, -0.1) is 11.3 Å². The van der Waals surface area contributed by atoms with Crippen LogP contribution in [0.25, 0.3) is 10.2 Å². The maximum atomic E-state index is 12.3. The Hall–Kier alpha value is -1.02. The van der Waals surface area contributed by atoms with E-state index in [0.29, 0.717) is 18.9 Å². The van der Waals surface area contributed by atoms with Gasteiger partial charge in [-0.05, 0) is 37.8 Å². The highest BCUT2D eigenvalue weighted by Gasteiger charge is 2.35. The van der Waals surface area contributed by atoms with Crippen LogP contribution >= 0.6 is 11.3 Å². The van der Waals surface area contributed by atoms with E-state index < -0.39 is 10.2 Å². The minimum absolute atomic E-state index is 0.0694. The van der Waals surface area contributed by atoms with Gasteiger partial charge in [0.25, 0.3) is 10.2 Å². The summed E-state index contributed by atoms with van der Waals surface area (Å²) < 4.78 is 29.8. The third kappa shape index (κ3) is 3.48. The van der Waals surface area contributed by atoms with Crippen LogP contribution in [0.1, 0.15) is 24.8 Å². The van der Waals surface area contributed by atoms with Crippen molar-refractivity contribution in [3.05, 3.63) is 29.3 Å². The van der Waals surface area contributed by atoms with Gasteiger partial charge in [-0.1, -0.05) is 12.1 Å². The number of hydrogen-bond donors (Lipinski definition) is 1. The first-order valence-corrected chi connectivity index (χ1v) is 9.80. The van der Waals surface area contributed by atoms with Gasteiger partial charge in [0.1, 0.15) is 0 Å².